The van der Waals surface area contributed by atoms with Gasteiger partial charge in [0, 0.05) is 19.6 Å². The first kappa shape index (κ1) is 11.4. The Balaban J connectivity index is 1.88. The maximum absolute atomic E-state index is 11.5. The molecule has 1 atom stereocenters. The van der Waals surface area contributed by atoms with Crippen LogP contribution in [0.3, 0.4) is 0 Å². The molecular formula is C10H12ClNO4. The average Bonchev–Trinajstić information content (AvgIpc) is 2.85. The number of carbonyl (C=O) groups excluding carboxylic acids is 1. The molecule has 1 amide bonds. The lowest BCUT2D eigenvalue weighted by Gasteiger charge is -2.20. The van der Waals surface area contributed by atoms with Gasteiger partial charge in [0.25, 0.3) is 5.91 Å². The van der Waals surface area contributed by atoms with Crippen LogP contribution in [-0.2, 0) is 4.74 Å². The lowest BCUT2D eigenvalue weighted by atomic mass is 10.0. The van der Waals surface area contributed by atoms with Gasteiger partial charge in [0.05, 0.1) is 6.61 Å². The SMILES string of the molecule is O=C(NCC1(O)CCOC1)c1ccc(Cl)o1. The Morgan fingerprint density at radius 2 is 2.44 bits per heavy atom. The third-order valence-electron chi connectivity index (χ3n) is 2.46. The Bertz CT molecular complexity index is 384. The molecule has 0 saturated carbocycles. The molecule has 0 aromatic carbocycles. The molecule has 1 saturated heterocycles. The van der Waals surface area contributed by atoms with Gasteiger partial charge >= 0.3 is 0 Å². The zero-order valence-electron chi connectivity index (χ0n) is 8.53. The van der Waals surface area contributed by atoms with Crippen molar-refractivity contribution in [2.45, 2.75) is 12.0 Å². The molecule has 2 heterocycles. The van der Waals surface area contributed by atoms with Gasteiger partial charge in [-0.2, -0.15) is 0 Å². The number of nitrogens with one attached hydrogen (secondary N) is 1. The van der Waals surface area contributed by atoms with Gasteiger partial charge in [0.1, 0.15) is 5.60 Å². The Morgan fingerprint density at radius 1 is 1.62 bits per heavy atom. The van der Waals surface area contributed by atoms with E-state index in [1.54, 1.807) is 0 Å². The number of hydrogen-bond donors (Lipinski definition) is 2. The first-order chi connectivity index (χ1) is 7.59. The summed E-state index contributed by atoms with van der Waals surface area (Å²) in [5.74, 6) is -0.264. The summed E-state index contributed by atoms with van der Waals surface area (Å²) < 4.78 is 9.99. The molecule has 1 unspecified atom stereocenters. The number of ether oxygens (including phenoxy) is 1. The van der Waals surface area contributed by atoms with Gasteiger partial charge in [0.15, 0.2) is 11.0 Å². The van der Waals surface area contributed by atoms with Gasteiger partial charge in [-0.1, -0.05) is 0 Å². The molecule has 5 nitrogen and oxygen atoms in total. The predicted octanol–water partition coefficient (Wildman–Crippen LogP) is 0.814. The summed E-state index contributed by atoms with van der Waals surface area (Å²) in [6.45, 7) is 0.898. The Hall–Kier alpha value is -1.04. The van der Waals surface area contributed by atoms with Crippen molar-refractivity contribution in [1.29, 1.82) is 0 Å². The number of halogens is 1. The maximum Gasteiger partial charge on any atom is 0.287 e. The molecule has 1 fully saturated rings. The van der Waals surface area contributed by atoms with E-state index in [2.05, 4.69) is 5.32 Å². The van der Waals surface area contributed by atoms with Crippen molar-refractivity contribution in [3.8, 4) is 0 Å². The minimum atomic E-state index is -0.966. The van der Waals surface area contributed by atoms with E-state index in [9.17, 15) is 9.90 Å². The molecule has 1 aromatic heterocycles. The quantitative estimate of drug-likeness (QED) is 0.827. The van der Waals surface area contributed by atoms with Crippen LogP contribution in [0.4, 0.5) is 0 Å². The van der Waals surface area contributed by atoms with E-state index < -0.39 is 11.5 Å². The Labute approximate surface area is 97.3 Å². The third-order valence-corrected chi connectivity index (χ3v) is 2.66. The molecule has 0 aliphatic carbocycles. The summed E-state index contributed by atoms with van der Waals surface area (Å²) in [4.78, 5) is 11.5. The molecule has 2 N–H and O–H groups in total. The standard InChI is InChI=1S/C10H12ClNO4/c11-8-2-1-7(16-8)9(13)12-5-10(14)3-4-15-6-10/h1-2,14H,3-6H2,(H,12,13). The fourth-order valence-corrected chi connectivity index (χ4v) is 1.65. The zero-order chi connectivity index (χ0) is 11.6. The van der Waals surface area contributed by atoms with Crippen LogP contribution in [0.5, 0.6) is 0 Å². The normalized spacial score (nSPS) is 24.6. The minimum absolute atomic E-state index is 0.132. The van der Waals surface area contributed by atoms with Crippen LogP contribution < -0.4 is 5.32 Å². The number of carbonyl (C=O) groups is 1. The van der Waals surface area contributed by atoms with E-state index in [0.717, 1.165) is 0 Å². The van der Waals surface area contributed by atoms with Crippen LogP contribution in [-0.4, -0.2) is 36.4 Å². The highest BCUT2D eigenvalue weighted by atomic mass is 35.5. The molecular weight excluding hydrogens is 234 g/mol. The maximum atomic E-state index is 11.5. The second kappa shape index (κ2) is 4.45. The van der Waals surface area contributed by atoms with Gasteiger partial charge in [-0.05, 0) is 23.7 Å². The van der Waals surface area contributed by atoms with E-state index in [4.69, 9.17) is 20.8 Å². The van der Waals surface area contributed by atoms with Crippen molar-refractivity contribution in [2.24, 2.45) is 0 Å². The van der Waals surface area contributed by atoms with Crippen molar-refractivity contribution < 1.29 is 19.1 Å². The van der Waals surface area contributed by atoms with Crippen LogP contribution in [0, 0.1) is 0 Å². The molecule has 16 heavy (non-hydrogen) atoms. The van der Waals surface area contributed by atoms with Crippen molar-refractivity contribution in [2.75, 3.05) is 19.8 Å². The van der Waals surface area contributed by atoms with Crippen LogP contribution in [0.1, 0.15) is 17.0 Å². The fraction of sp³-hybridized carbons (Fsp3) is 0.500. The van der Waals surface area contributed by atoms with Crippen molar-refractivity contribution in [1.82, 2.24) is 5.32 Å². The van der Waals surface area contributed by atoms with E-state index >= 15 is 0 Å². The lowest BCUT2D eigenvalue weighted by Crippen LogP contribution is -2.43. The first-order valence-corrected chi connectivity index (χ1v) is 5.31. The Kier molecular flexibility index (Phi) is 3.18. The zero-order valence-corrected chi connectivity index (χ0v) is 9.29. The van der Waals surface area contributed by atoms with Crippen LogP contribution >= 0.6 is 11.6 Å². The number of rotatable bonds is 3. The molecule has 0 spiro atoms. The summed E-state index contributed by atoms with van der Waals surface area (Å²) in [6.07, 6.45) is 0.520. The summed E-state index contributed by atoms with van der Waals surface area (Å²) >= 11 is 5.54. The van der Waals surface area contributed by atoms with Gasteiger partial charge < -0.3 is 19.6 Å². The smallest absolute Gasteiger partial charge is 0.287 e. The topological polar surface area (TPSA) is 71.7 Å². The molecule has 6 heteroatoms. The highest BCUT2D eigenvalue weighted by Gasteiger charge is 2.32. The lowest BCUT2D eigenvalue weighted by molar-refractivity contribution is 0.0261. The molecule has 1 aliphatic heterocycles. The van der Waals surface area contributed by atoms with Gasteiger partial charge in [-0.3, -0.25) is 4.79 Å². The predicted molar refractivity (Wildman–Crippen MR) is 56.4 cm³/mol. The largest absolute Gasteiger partial charge is 0.440 e. The van der Waals surface area contributed by atoms with E-state index in [1.807, 2.05) is 0 Å². The highest BCUT2D eigenvalue weighted by Crippen LogP contribution is 2.17. The van der Waals surface area contributed by atoms with Crippen LogP contribution in [0.2, 0.25) is 5.22 Å². The van der Waals surface area contributed by atoms with Crippen molar-refractivity contribution in [3.05, 3.63) is 23.1 Å². The second-order valence-electron chi connectivity index (χ2n) is 3.81. The Morgan fingerprint density at radius 3 is 3.00 bits per heavy atom. The number of furan rings is 1. The monoisotopic (exact) mass is 245 g/mol. The molecule has 0 bridgehead atoms. The van der Waals surface area contributed by atoms with Gasteiger partial charge in [0.2, 0.25) is 0 Å². The second-order valence-corrected chi connectivity index (χ2v) is 4.19. The van der Waals surface area contributed by atoms with E-state index in [1.165, 1.54) is 12.1 Å². The summed E-state index contributed by atoms with van der Waals surface area (Å²) in [6, 6.07) is 2.97. The number of amides is 1. The molecule has 0 radical (unpaired) electrons. The summed E-state index contributed by atoms with van der Waals surface area (Å²) in [5.41, 5.74) is -0.966. The average molecular weight is 246 g/mol. The first-order valence-electron chi connectivity index (χ1n) is 4.93. The third kappa shape index (κ3) is 2.55. The number of aliphatic hydroxyl groups is 1. The van der Waals surface area contributed by atoms with Crippen LogP contribution in [0.25, 0.3) is 0 Å². The number of hydrogen-bond acceptors (Lipinski definition) is 4. The molecule has 1 aromatic rings. The van der Waals surface area contributed by atoms with Crippen molar-refractivity contribution in [3.63, 3.8) is 0 Å². The van der Waals surface area contributed by atoms with Crippen LogP contribution in [0.15, 0.2) is 16.5 Å². The van der Waals surface area contributed by atoms with Gasteiger partial charge in [-0.25, -0.2) is 0 Å². The summed E-state index contributed by atoms with van der Waals surface area (Å²) in [7, 11) is 0. The molecule has 2 rings (SSSR count). The van der Waals surface area contributed by atoms with Crippen molar-refractivity contribution >= 4 is 17.5 Å². The van der Waals surface area contributed by atoms with Gasteiger partial charge in [-0.15, -0.1) is 0 Å². The van der Waals surface area contributed by atoms with E-state index in [0.29, 0.717) is 13.0 Å². The minimum Gasteiger partial charge on any atom is -0.440 e. The highest BCUT2D eigenvalue weighted by molar-refractivity contribution is 6.29. The summed E-state index contributed by atoms with van der Waals surface area (Å²) in [5, 5.41) is 12.6. The fourth-order valence-electron chi connectivity index (χ4n) is 1.50. The molecule has 88 valence electrons. The van der Waals surface area contributed by atoms with E-state index in [-0.39, 0.29) is 24.1 Å². The molecule has 1 aliphatic rings.